The molecule has 0 spiro atoms. The van der Waals surface area contributed by atoms with E-state index in [2.05, 4.69) is 5.32 Å². The van der Waals surface area contributed by atoms with Gasteiger partial charge in [-0.05, 0) is 17.7 Å². The van der Waals surface area contributed by atoms with Crippen LogP contribution in [0.15, 0.2) is 24.3 Å². The maximum Gasteiger partial charge on any atom is 0.321 e. The number of carbonyl (C=O) groups is 1. The number of aliphatic carboxylic acids is 1. The molecule has 0 unspecified atom stereocenters. The first-order chi connectivity index (χ1) is 8.06. The Hall–Kier alpha value is -1.27. The van der Waals surface area contributed by atoms with Crippen molar-refractivity contribution in [2.75, 3.05) is 11.5 Å². The molecule has 0 aliphatic carbocycles. The van der Waals surface area contributed by atoms with E-state index in [1.165, 1.54) is 12.1 Å². The second-order valence-corrected chi connectivity index (χ2v) is 5.48. The number of nitrogens with one attached hydrogen (secondary N) is 1. The highest BCUT2D eigenvalue weighted by Gasteiger charge is 2.31. The van der Waals surface area contributed by atoms with Gasteiger partial charge in [0, 0.05) is 28.3 Å². The van der Waals surface area contributed by atoms with E-state index in [0.717, 1.165) is 0 Å². The maximum absolute atomic E-state index is 13.1. The summed E-state index contributed by atoms with van der Waals surface area (Å²) in [4.78, 5) is 10.9. The predicted molar refractivity (Wildman–Crippen MR) is 61.6 cm³/mol. The van der Waals surface area contributed by atoms with Crippen LogP contribution in [0, 0.1) is 5.82 Å². The van der Waals surface area contributed by atoms with E-state index in [4.69, 9.17) is 5.11 Å². The standard InChI is InChI=1S/C11H12FNO3S/c12-8-3-1-2-7(4-8)9-5-17(16)6-10(13-9)11(14)15/h1-4,9-10,13H,5-6H2,(H,14,15)/t9-,10-,17-/m0/s1. The number of halogens is 1. The number of hydrogen-bond acceptors (Lipinski definition) is 3. The van der Waals surface area contributed by atoms with Crippen LogP contribution < -0.4 is 5.32 Å². The molecule has 2 rings (SSSR count). The minimum Gasteiger partial charge on any atom is -0.480 e. The lowest BCUT2D eigenvalue weighted by molar-refractivity contribution is -0.139. The molecule has 0 aromatic heterocycles. The fourth-order valence-corrected chi connectivity index (χ4v) is 3.24. The van der Waals surface area contributed by atoms with Crippen molar-refractivity contribution < 1.29 is 18.5 Å². The third kappa shape index (κ3) is 2.89. The van der Waals surface area contributed by atoms with Crippen LogP contribution in [0.5, 0.6) is 0 Å². The summed E-state index contributed by atoms with van der Waals surface area (Å²) in [7, 11) is -1.19. The van der Waals surface area contributed by atoms with Gasteiger partial charge in [-0.2, -0.15) is 0 Å². The largest absolute Gasteiger partial charge is 0.480 e. The Morgan fingerprint density at radius 2 is 2.24 bits per heavy atom. The Morgan fingerprint density at radius 3 is 2.88 bits per heavy atom. The van der Waals surface area contributed by atoms with Crippen molar-refractivity contribution in [3.8, 4) is 0 Å². The Labute approximate surface area is 100 Å². The first-order valence-corrected chi connectivity index (χ1v) is 6.64. The quantitative estimate of drug-likeness (QED) is 0.817. The van der Waals surface area contributed by atoms with Crippen LogP contribution in [0.25, 0.3) is 0 Å². The van der Waals surface area contributed by atoms with Gasteiger partial charge in [0.1, 0.15) is 11.9 Å². The van der Waals surface area contributed by atoms with Crippen molar-refractivity contribution in [1.29, 1.82) is 0 Å². The predicted octanol–water partition coefficient (Wildman–Crippen LogP) is 0.672. The van der Waals surface area contributed by atoms with Gasteiger partial charge in [0.2, 0.25) is 0 Å². The fraction of sp³-hybridized carbons (Fsp3) is 0.364. The normalized spacial score (nSPS) is 28.9. The third-order valence-corrected chi connectivity index (χ3v) is 4.07. The Kier molecular flexibility index (Phi) is 3.54. The summed E-state index contributed by atoms with van der Waals surface area (Å²) < 4.78 is 24.6. The third-order valence-electron chi connectivity index (χ3n) is 2.66. The zero-order valence-electron chi connectivity index (χ0n) is 8.93. The summed E-state index contributed by atoms with van der Waals surface area (Å²) in [5.41, 5.74) is 0.629. The van der Waals surface area contributed by atoms with E-state index < -0.39 is 22.8 Å². The van der Waals surface area contributed by atoms with Crippen molar-refractivity contribution in [1.82, 2.24) is 5.32 Å². The Morgan fingerprint density at radius 1 is 1.47 bits per heavy atom. The molecular formula is C11H12FNO3S. The van der Waals surface area contributed by atoms with Gasteiger partial charge in [0.05, 0.1) is 0 Å². The Balaban J connectivity index is 2.21. The molecule has 1 aliphatic heterocycles. The molecule has 1 fully saturated rings. The molecule has 1 saturated heterocycles. The van der Waals surface area contributed by atoms with Crippen LogP contribution in [0.3, 0.4) is 0 Å². The number of benzene rings is 1. The summed E-state index contributed by atoms with van der Waals surface area (Å²) in [6.07, 6.45) is 0. The monoisotopic (exact) mass is 257 g/mol. The lowest BCUT2D eigenvalue weighted by Gasteiger charge is -2.28. The highest BCUT2D eigenvalue weighted by atomic mass is 32.2. The summed E-state index contributed by atoms with van der Waals surface area (Å²) in [5.74, 6) is -0.999. The Bertz CT molecular complexity index is 466. The molecule has 0 saturated carbocycles. The topological polar surface area (TPSA) is 66.4 Å². The summed E-state index contributed by atoms with van der Waals surface area (Å²) in [6.45, 7) is 0. The fourth-order valence-electron chi connectivity index (χ4n) is 1.84. The number of hydrogen-bond donors (Lipinski definition) is 2. The molecule has 92 valence electrons. The number of rotatable bonds is 2. The van der Waals surface area contributed by atoms with Gasteiger partial charge in [-0.1, -0.05) is 12.1 Å². The van der Waals surface area contributed by atoms with Crippen LogP contribution in [0.4, 0.5) is 4.39 Å². The molecule has 1 heterocycles. The molecule has 3 atom stereocenters. The molecule has 17 heavy (non-hydrogen) atoms. The molecule has 4 nitrogen and oxygen atoms in total. The summed E-state index contributed by atoms with van der Waals surface area (Å²) in [6, 6.07) is 4.69. The van der Waals surface area contributed by atoms with Crippen molar-refractivity contribution in [2.45, 2.75) is 12.1 Å². The first-order valence-electron chi connectivity index (χ1n) is 5.15. The van der Waals surface area contributed by atoms with Crippen molar-refractivity contribution in [3.63, 3.8) is 0 Å². The van der Waals surface area contributed by atoms with Crippen molar-refractivity contribution >= 4 is 16.8 Å². The number of carboxylic acids is 1. The smallest absolute Gasteiger partial charge is 0.321 e. The van der Waals surface area contributed by atoms with Gasteiger partial charge in [-0.25, -0.2) is 4.39 Å². The highest BCUT2D eigenvalue weighted by molar-refractivity contribution is 7.85. The van der Waals surface area contributed by atoms with E-state index in [0.29, 0.717) is 11.3 Å². The second kappa shape index (κ2) is 4.93. The minimum absolute atomic E-state index is 0.0984. The minimum atomic E-state index is -1.19. The molecule has 1 aliphatic rings. The van der Waals surface area contributed by atoms with Crippen LogP contribution in [-0.4, -0.2) is 32.8 Å². The SMILES string of the molecule is O=C(O)[C@@H]1C[S@@](=O)C[C@@H](c2cccc(F)c2)N1. The molecule has 0 bridgehead atoms. The van der Waals surface area contributed by atoms with Gasteiger partial charge >= 0.3 is 5.97 Å². The van der Waals surface area contributed by atoms with E-state index in [1.807, 2.05) is 0 Å². The maximum atomic E-state index is 13.1. The van der Waals surface area contributed by atoms with Crippen molar-refractivity contribution in [3.05, 3.63) is 35.6 Å². The van der Waals surface area contributed by atoms with E-state index in [1.54, 1.807) is 12.1 Å². The van der Waals surface area contributed by atoms with Crippen molar-refractivity contribution in [2.24, 2.45) is 0 Å². The molecule has 6 heteroatoms. The van der Waals surface area contributed by atoms with E-state index >= 15 is 0 Å². The van der Waals surface area contributed by atoms with E-state index in [-0.39, 0.29) is 17.6 Å². The molecule has 2 N–H and O–H groups in total. The molecule has 0 radical (unpaired) electrons. The molecular weight excluding hydrogens is 245 g/mol. The molecule has 1 aromatic rings. The van der Waals surface area contributed by atoms with E-state index in [9.17, 15) is 13.4 Å². The van der Waals surface area contributed by atoms with Gasteiger partial charge in [-0.15, -0.1) is 0 Å². The summed E-state index contributed by atoms with van der Waals surface area (Å²) >= 11 is 0. The van der Waals surface area contributed by atoms with Gasteiger partial charge < -0.3 is 5.11 Å². The summed E-state index contributed by atoms with van der Waals surface area (Å²) in [5, 5.41) is 11.8. The molecule has 1 aromatic carbocycles. The average molecular weight is 257 g/mol. The zero-order valence-corrected chi connectivity index (χ0v) is 9.74. The van der Waals surface area contributed by atoms with Crippen LogP contribution in [0.1, 0.15) is 11.6 Å². The van der Waals surface area contributed by atoms with Crippen LogP contribution in [0.2, 0.25) is 0 Å². The van der Waals surface area contributed by atoms with Gasteiger partial charge in [0.25, 0.3) is 0 Å². The first kappa shape index (κ1) is 12.2. The second-order valence-electron chi connectivity index (χ2n) is 3.94. The van der Waals surface area contributed by atoms with Gasteiger partial charge in [0.15, 0.2) is 0 Å². The molecule has 0 amide bonds. The zero-order chi connectivity index (χ0) is 12.4. The van der Waals surface area contributed by atoms with Crippen LogP contribution >= 0.6 is 0 Å². The number of carboxylic acid groups (broad SMARTS) is 1. The average Bonchev–Trinajstić information content (AvgIpc) is 2.28. The highest BCUT2D eigenvalue weighted by Crippen LogP contribution is 2.20. The van der Waals surface area contributed by atoms with Gasteiger partial charge in [-0.3, -0.25) is 14.3 Å². The van der Waals surface area contributed by atoms with Crippen LogP contribution in [-0.2, 0) is 15.6 Å². The lowest BCUT2D eigenvalue weighted by atomic mass is 10.1. The lowest BCUT2D eigenvalue weighted by Crippen LogP contribution is -2.49.